The third-order valence-electron chi connectivity index (χ3n) is 3.79. The maximum atomic E-state index is 8.77. The number of rotatable bonds is 9. The molecule has 0 amide bonds. The van der Waals surface area contributed by atoms with Crippen molar-refractivity contribution < 1.29 is 0 Å². The van der Waals surface area contributed by atoms with E-state index in [2.05, 4.69) is 41.7 Å². The molecule has 1 N–H and O–H groups in total. The zero-order chi connectivity index (χ0) is 14.7. The molecule has 20 heavy (non-hydrogen) atoms. The first kappa shape index (κ1) is 16.2. The number of benzene rings is 1. The van der Waals surface area contributed by atoms with Crippen molar-refractivity contribution in [2.24, 2.45) is 0 Å². The third-order valence-corrected chi connectivity index (χ3v) is 3.79. The van der Waals surface area contributed by atoms with Crippen LogP contribution in [0.1, 0.15) is 44.1 Å². The van der Waals surface area contributed by atoms with Crippen molar-refractivity contribution in [1.82, 2.24) is 5.32 Å². The Kier molecular flexibility index (Phi) is 7.40. The molecule has 0 atom stereocenters. The standard InChI is InChI=1S/C17H23N3/c1-20-15-17(11-5-7-13-18,12-6-8-14-19)16-9-3-2-4-10-16/h2-4,9-10,20H,5-8,11-12,15H2,1H3. The number of nitrogens with zero attached hydrogens (tertiary/aromatic N) is 2. The summed E-state index contributed by atoms with van der Waals surface area (Å²) in [5.41, 5.74) is 1.34. The van der Waals surface area contributed by atoms with E-state index in [1.54, 1.807) is 0 Å². The number of nitrogens with one attached hydrogen (secondary N) is 1. The van der Waals surface area contributed by atoms with Gasteiger partial charge in [-0.15, -0.1) is 0 Å². The summed E-state index contributed by atoms with van der Waals surface area (Å²) in [4.78, 5) is 0. The molecule has 0 aliphatic rings. The Bertz CT molecular complexity index is 433. The van der Waals surface area contributed by atoms with Crippen molar-refractivity contribution >= 4 is 0 Å². The minimum atomic E-state index is 0.0315. The van der Waals surface area contributed by atoms with Gasteiger partial charge in [-0.1, -0.05) is 30.3 Å². The van der Waals surface area contributed by atoms with Gasteiger partial charge in [-0.05, 0) is 38.3 Å². The van der Waals surface area contributed by atoms with E-state index in [1.165, 1.54) is 5.56 Å². The number of nitriles is 2. The normalized spacial score (nSPS) is 10.8. The molecule has 106 valence electrons. The molecule has 0 heterocycles. The van der Waals surface area contributed by atoms with Gasteiger partial charge in [-0.25, -0.2) is 0 Å². The number of hydrogen-bond donors (Lipinski definition) is 1. The van der Waals surface area contributed by atoms with Crippen LogP contribution in [0.3, 0.4) is 0 Å². The molecule has 0 unspecified atom stereocenters. The van der Waals surface area contributed by atoms with E-state index in [0.29, 0.717) is 12.8 Å². The van der Waals surface area contributed by atoms with Gasteiger partial charge in [-0.2, -0.15) is 10.5 Å². The zero-order valence-electron chi connectivity index (χ0n) is 12.2. The molecule has 0 saturated heterocycles. The molecule has 0 fully saturated rings. The number of unbranched alkanes of at least 4 members (excludes halogenated alkanes) is 2. The van der Waals surface area contributed by atoms with Gasteiger partial charge in [0.15, 0.2) is 0 Å². The second-order valence-electron chi connectivity index (χ2n) is 5.20. The predicted octanol–water partition coefficient (Wildman–Crippen LogP) is 3.53. The van der Waals surface area contributed by atoms with Crippen LogP contribution in [0.4, 0.5) is 0 Å². The van der Waals surface area contributed by atoms with Gasteiger partial charge in [0.05, 0.1) is 12.1 Å². The minimum Gasteiger partial charge on any atom is -0.319 e. The lowest BCUT2D eigenvalue weighted by Crippen LogP contribution is -2.37. The maximum Gasteiger partial charge on any atom is 0.0621 e. The Morgan fingerprint density at radius 1 is 1.00 bits per heavy atom. The highest BCUT2D eigenvalue weighted by molar-refractivity contribution is 5.26. The van der Waals surface area contributed by atoms with Crippen molar-refractivity contribution in [3.63, 3.8) is 0 Å². The summed E-state index contributed by atoms with van der Waals surface area (Å²) >= 11 is 0. The van der Waals surface area contributed by atoms with Crippen molar-refractivity contribution in [3.05, 3.63) is 35.9 Å². The van der Waals surface area contributed by atoms with Crippen LogP contribution >= 0.6 is 0 Å². The Morgan fingerprint density at radius 3 is 2.00 bits per heavy atom. The van der Waals surface area contributed by atoms with Crippen LogP contribution in [0.15, 0.2) is 30.3 Å². The fourth-order valence-electron chi connectivity index (χ4n) is 2.83. The number of likely N-dealkylation sites (N-methyl/N-ethyl adjacent to an activating group) is 1. The van der Waals surface area contributed by atoms with Crippen molar-refractivity contribution in [2.75, 3.05) is 13.6 Å². The lowest BCUT2D eigenvalue weighted by molar-refractivity contribution is 0.337. The monoisotopic (exact) mass is 269 g/mol. The molecule has 0 aliphatic heterocycles. The van der Waals surface area contributed by atoms with Crippen LogP contribution in [0.2, 0.25) is 0 Å². The Labute approximate surface area is 122 Å². The molecular weight excluding hydrogens is 246 g/mol. The molecule has 0 aliphatic carbocycles. The second-order valence-corrected chi connectivity index (χ2v) is 5.20. The van der Waals surface area contributed by atoms with Crippen LogP contribution in [0.25, 0.3) is 0 Å². The van der Waals surface area contributed by atoms with Crippen LogP contribution in [-0.2, 0) is 5.41 Å². The number of hydrogen-bond acceptors (Lipinski definition) is 3. The summed E-state index contributed by atoms with van der Waals surface area (Å²) in [6, 6.07) is 14.9. The lowest BCUT2D eigenvalue weighted by atomic mass is 9.72. The molecule has 3 heteroatoms. The summed E-state index contributed by atoms with van der Waals surface area (Å²) < 4.78 is 0. The van der Waals surface area contributed by atoms with Crippen molar-refractivity contribution in [2.45, 2.75) is 43.9 Å². The first-order valence-corrected chi connectivity index (χ1v) is 7.23. The average molecular weight is 269 g/mol. The fourth-order valence-corrected chi connectivity index (χ4v) is 2.83. The maximum absolute atomic E-state index is 8.77. The lowest BCUT2D eigenvalue weighted by Gasteiger charge is -2.34. The summed E-state index contributed by atoms with van der Waals surface area (Å²) in [7, 11) is 1.96. The van der Waals surface area contributed by atoms with E-state index in [-0.39, 0.29) is 5.41 Å². The minimum absolute atomic E-state index is 0.0315. The van der Waals surface area contributed by atoms with Crippen molar-refractivity contribution in [1.29, 1.82) is 10.5 Å². The van der Waals surface area contributed by atoms with E-state index in [9.17, 15) is 0 Å². The Morgan fingerprint density at radius 2 is 1.55 bits per heavy atom. The van der Waals surface area contributed by atoms with Crippen LogP contribution in [0, 0.1) is 22.7 Å². The molecule has 0 aromatic heterocycles. The molecule has 1 rings (SSSR count). The molecule has 0 saturated carbocycles. The first-order chi connectivity index (χ1) is 9.79. The van der Waals surface area contributed by atoms with Crippen molar-refractivity contribution in [3.8, 4) is 12.1 Å². The van der Waals surface area contributed by atoms with Crippen LogP contribution in [-0.4, -0.2) is 13.6 Å². The second kappa shape index (κ2) is 9.13. The van der Waals surface area contributed by atoms with Gasteiger partial charge >= 0.3 is 0 Å². The molecule has 3 nitrogen and oxygen atoms in total. The summed E-state index contributed by atoms with van der Waals surface area (Å²) in [6.07, 6.45) is 4.96. The molecule has 0 spiro atoms. The molecule has 0 bridgehead atoms. The predicted molar refractivity (Wildman–Crippen MR) is 81.0 cm³/mol. The highest BCUT2D eigenvalue weighted by Gasteiger charge is 2.30. The van der Waals surface area contributed by atoms with E-state index in [4.69, 9.17) is 10.5 Å². The summed E-state index contributed by atoms with van der Waals surface area (Å²) in [5, 5.41) is 20.8. The van der Waals surface area contributed by atoms with E-state index in [1.807, 2.05) is 13.1 Å². The Hall–Kier alpha value is -1.84. The van der Waals surface area contributed by atoms with Gasteiger partial charge in [-0.3, -0.25) is 0 Å². The van der Waals surface area contributed by atoms with Gasteiger partial charge in [0.1, 0.15) is 0 Å². The van der Waals surface area contributed by atoms with Gasteiger partial charge in [0.2, 0.25) is 0 Å². The summed E-state index contributed by atoms with van der Waals surface area (Å²) in [5.74, 6) is 0. The highest BCUT2D eigenvalue weighted by atomic mass is 14.8. The van der Waals surface area contributed by atoms with Crippen LogP contribution < -0.4 is 5.32 Å². The van der Waals surface area contributed by atoms with Gasteiger partial charge in [0.25, 0.3) is 0 Å². The smallest absolute Gasteiger partial charge is 0.0621 e. The SMILES string of the molecule is CNCC(CCCC#N)(CCCC#N)c1ccccc1. The van der Waals surface area contributed by atoms with Crippen LogP contribution in [0.5, 0.6) is 0 Å². The zero-order valence-corrected chi connectivity index (χ0v) is 12.2. The topological polar surface area (TPSA) is 59.6 Å². The quantitative estimate of drug-likeness (QED) is 0.698. The average Bonchev–Trinajstić information content (AvgIpc) is 2.48. The molecular formula is C17H23N3. The molecule has 1 aromatic rings. The summed E-state index contributed by atoms with van der Waals surface area (Å²) in [6.45, 7) is 0.883. The highest BCUT2D eigenvalue weighted by Crippen LogP contribution is 2.34. The van der Waals surface area contributed by atoms with E-state index in [0.717, 1.165) is 32.2 Å². The van der Waals surface area contributed by atoms with Gasteiger partial charge in [0, 0.05) is 24.8 Å². The third kappa shape index (κ3) is 4.68. The fraction of sp³-hybridized carbons (Fsp3) is 0.529. The first-order valence-electron chi connectivity index (χ1n) is 7.23. The Balaban J connectivity index is 2.93. The van der Waals surface area contributed by atoms with Gasteiger partial charge < -0.3 is 5.32 Å². The molecule has 0 radical (unpaired) electrons. The van der Waals surface area contributed by atoms with E-state index >= 15 is 0 Å². The molecule has 1 aromatic carbocycles. The largest absolute Gasteiger partial charge is 0.319 e. The van der Waals surface area contributed by atoms with E-state index < -0.39 is 0 Å².